The van der Waals surface area contributed by atoms with Crippen LogP contribution in [0.2, 0.25) is 0 Å². The minimum atomic E-state index is -0.365. The van der Waals surface area contributed by atoms with Crippen molar-refractivity contribution in [3.63, 3.8) is 0 Å². The lowest BCUT2D eigenvalue weighted by atomic mass is 10.1. The summed E-state index contributed by atoms with van der Waals surface area (Å²) in [5.74, 6) is -0.0771. The predicted octanol–water partition coefficient (Wildman–Crippen LogP) is 1.68. The Kier molecular flexibility index (Phi) is 5.12. The summed E-state index contributed by atoms with van der Waals surface area (Å²) in [6.45, 7) is 5.80. The molecule has 0 saturated heterocycles. The van der Waals surface area contributed by atoms with Crippen LogP contribution in [0.15, 0.2) is 24.3 Å². The number of carbonyl (C=O) groups is 1. The van der Waals surface area contributed by atoms with Gasteiger partial charge in [-0.15, -0.1) is 0 Å². The van der Waals surface area contributed by atoms with Crippen molar-refractivity contribution in [2.75, 3.05) is 11.9 Å². The lowest BCUT2D eigenvalue weighted by Gasteiger charge is -2.16. The summed E-state index contributed by atoms with van der Waals surface area (Å²) in [4.78, 5) is 10.9. The van der Waals surface area contributed by atoms with E-state index in [1.54, 1.807) is 6.92 Å². The highest BCUT2D eigenvalue weighted by Crippen LogP contribution is 2.17. The summed E-state index contributed by atoms with van der Waals surface area (Å²) >= 11 is 0. The van der Waals surface area contributed by atoms with Crippen LogP contribution >= 0.6 is 0 Å². The molecule has 4 nitrogen and oxygen atoms in total. The number of aliphatic hydroxyl groups is 1. The van der Waals surface area contributed by atoms with Gasteiger partial charge in [0, 0.05) is 25.2 Å². The Balaban J connectivity index is 2.66. The Bertz CT molecular complexity index is 377. The van der Waals surface area contributed by atoms with E-state index >= 15 is 0 Å². The van der Waals surface area contributed by atoms with Crippen LogP contribution < -0.4 is 10.6 Å². The molecule has 0 saturated carbocycles. The van der Waals surface area contributed by atoms with Gasteiger partial charge in [0.1, 0.15) is 0 Å². The fraction of sp³-hybridized carbons (Fsp3) is 0.462. The maximum atomic E-state index is 10.9. The van der Waals surface area contributed by atoms with E-state index in [4.69, 9.17) is 0 Å². The number of carbonyl (C=O) groups excluding carboxylic acids is 1. The first kappa shape index (κ1) is 13.7. The Morgan fingerprint density at radius 2 is 2.12 bits per heavy atom. The van der Waals surface area contributed by atoms with Crippen molar-refractivity contribution in [3.05, 3.63) is 29.8 Å². The van der Waals surface area contributed by atoms with E-state index in [0.29, 0.717) is 6.54 Å². The van der Waals surface area contributed by atoms with Gasteiger partial charge >= 0.3 is 0 Å². The first-order valence-electron chi connectivity index (χ1n) is 5.78. The number of aliphatic hydroxyl groups excluding tert-OH is 1. The third kappa shape index (κ3) is 4.97. The molecule has 0 fully saturated rings. The zero-order chi connectivity index (χ0) is 12.8. The molecule has 1 amide bonds. The molecule has 0 aliphatic heterocycles. The summed E-state index contributed by atoms with van der Waals surface area (Å²) in [6, 6.07) is 7.82. The van der Waals surface area contributed by atoms with Crippen LogP contribution in [-0.2, 0) is 4.79 Å². The molecule has 0 aliphatic carbocycles. The Labute approximate surface area is 102 Å². The molecule has 2 atom stereocenters. The van der Waals surface area contributed by atoms with Crippen LogP contribution in [0.3, 0.4) is 0 Å². The molecule has 0 aromatic heterocycles. The molecule has 2 unspecified atom stereocenters. The molecule has 3 N–H and O–H groups in total. The minimum absolute atomic E-state index is 0.0771. The molecule has 0 heterocycles. The molecule has 17 heavy (non-hydrogen) atoms. The molecule has 0 spiro atoms. The normalized spacial score (nSPS) is 14.1. The lowest BCUT2D eigenvalue weighted by Crippen LogP contribution is -2.27. The second kappa shape index (κ2) is 6.37. The molecule has 1 aromatic carbocycles. The highest BCUT2D eigenvalue weighted by Gasteiger charge is 2.06. The van der Waals surface area contributed by atoms with Crippen molar-refractivity contribution in [1.82, 2.24) is 5.32 Å². The number of hydrogen-bond donors (Lipinski definition) is 3. The van der Waals surface area contributed by atoms with Gasteiger partial charge in [-0.25, -0.2) is 0 Å². The zero-order valence-electron chi connectivity index (χ0n) is 10.5. The number of amides is 1. The average molecular weight is 236 g/mol. The standard InChI is InChI=1S/C13H20N2O2/c1-9(16)8-14-10(2)12-5-4-6-13(7-12)15-11(3)17/h4-7,9-10,14,16H,8H2,1-3H3,(H,15,17). The number of hydrogen-bond acceptors (Lipinski definition) is 3. The molecule has 94 valence electrons. The maximum absolute atomic E-state index is 10.9. The molecule has 4 heteroatoms. The van der Waals surface area contributed by atoms with Crippen LogP contribution in [0.4, 0.5) is 5.69 Å². The van der Waals surface area contributed by atoms with Gasteiger partial charge in [0.15, 0.2) is 0 Å². The Morgan fingerprint density at radius 1 is 1.41 bits per heavy atom. The van der Waals surface area contributed by atoms with E-state index in [-0.39, 0.29) is 18.1 Å². The highest BCUT2D eigenvalue weighted by atomic mass is 16.3. The van der Waals surface area contributed by atoms with E-state index < -0.39 is 0 Å². The average Bonchev–Trinajstić information content (AvgIpc) is 2.25. The van der Waals surface area contributed by atoms with E-state index in [9.17, 15) is 9.90 Å². The largest absolute Gasteiger partial charge is 0.392 e. The van der Waals surface area contributed by atoms with E-state index in [1.807, 2.05) is 31.2 Å². The van der Waals surface area contributed by atoms with E-state index in [0.717, 1.165) is 11.3 Å². The van der Waals surface area contributed by atoms with Gasteiger partial charge in [0.25, 0.3) is 0 Å². The summed E-state index contributed by atoms with van der Waals surface area (Å²) in [7, 11) is 0. The van der Waals surface area contributed by atoms with Gasteiger partial charge in [-0.1, -0.05) is 12.1 Å². The monoisotopic (exact) mass is 236 g/mol. The molecular formula is C13H20N2O2. The van der Waals surface area contributed by atoms with Crippen molar-refractivity contribution in [2.24, 2.45) is 0 Å². The van der Waals surface area contributed by atoms with Crippen LogP contribution in [0.25, 0.3) is 0 Å². The third-order valence-corrected chi connectivity index (χ3v) is 2.43. The number of rotatable bonds is 5. The molecule has 1 aromatic rings. The fourth-order valence-corrected chi connectivity index (χ4v) is 1.55. The molecular weight excluding hydrogens is 216 g/mol. The van der Waals surface area contributed by atoms with Gasteiger partial charge in [0.05, 0.1) is 6.10 Å². The highest BCUT2D eigenvalue weighted by molar-refractivity contribution is 5.88. The van der Waals surface area contributed by atoms with Gasteiger partial charge in [-0.05, 0) is 31.5 Å². The third-order valence-electron chi connectivity index (χ3n) is 2.43. The first-order valence-corrected chi connectivity index (χ1v) is 5.78. The van der Waals surface area contributed by atoms with Crippen molar-refractivity contribution < 1.29 is 9.90 Å². The van der Waals surface area contributed by atoms with Gasteiger partial charge in [-0.2, -0.15) is 0 Å². The summed E-state index contributed by atoms with van der Waals surface area (Å²) in [6.07, 6.45) is -0.365. The molecule has 0 bridgehead atoms. The van der Waals surface area contributed by atoms with Crippen molar-refractivity contribution in [2.45, 2.75) is 32.9 Å². The van der Waals surface area contributed by atoms with Crippen LogP contribution in [-0.4, -0.2) is 23.7 Å². The van der Waals surface area contributed by atoms with Crippen LogP contribution in [0, 0.1) is 0 Å². The quantitative estimate of drug-likeness (QED) is 0.729. The second-order valence-electron chi connectivity index (χ2n) is 4.29. The molecule has 0 radical (unpaired) electrons. The SMILES string of the molecule is CC(=O)Nc1cccc(C(C)NCC(C)O)c1. The second-order valence-corrected chi connectivity index (χ2v) is 4.29. The van der Waals surface area contributed by atoms with Crippen molar-refractivity contribution in [3.8, 4) is 0 Å². The van der Waals surface area contributed by atoms with Gasteiger partial charge in [0.2, 0.25) is 5.91 Å². The zero-order valence-corrected chi connectivity index (χ0v) is 10.5. The fourth-order valence-electron chi connectivity index (χ4n) is 1.55. The predicted molar refractivity (Wildman–Crippen MR) is 68.8 cm³/mol. The van der Waals surface area contributed by atoms with Gasteiger partial charge < -0.3 is 15.7 Å². The summed E-state index contributed by atoms with van der Waals surface area (Å²) in [5, 5.41) is 15.2. The number of anilines is 1. The van der Waals surface area contributed by atoms with E-state index in [1.165, 1.54) is 6.92 Å². The molecule has 0 aliphatic rings. The van der Waals surface area contributed by atoms with E-state index in [2.05, 4.69) is 10.6 Å². The first-order chi connectivity index (χ1) is 7.99. The number of nitrogens with one attached hydrogen (secondary N) is 2. The summed E-state index contributed by atoms with van der Waals surface area (Å²) < 4.78 is 0. The van der Waals surface area contributed by atoms with Crippen molar-refractivity contribution >= 4 is 11.6 Å². The lowest BCUT2D eigenvalue weighted by molar-refractivity contribution is -0.114. The number of benzene rings is 1. The topological polar surface area (TPSA) is 61.4 Å². The minimum Gasteiger partial charge on any atom is -0.392 e. The Hall–Kier alpha value is -1.39. The van der Waals surface area contributed by atoms with Crippen LogP contribution in [0.1, 0.15) is 32.4 Å². The maximum Gasteiger partial charge on any atom is 0.221 e. The summed E-state index contributed by atoms with van der Waals surface area (Å²) in [5.41, 5.74) is 1.87. The van der Waals surface area contributed by atoms with Crippen molar-refractivity contribution in [1.29, 1.82) is 0 Å². The van der Waals surface area contributed by atoms with Crippen LogP contribution in [0.5, 0.6) is 0 Å². The van der Waals surface area contributed by atoms with Gasteiger partial charge in [-0.3, -0.25) is 4.79 Å². The molecule has 1 rings (SSSR count). The smallest absolute Gasteiger partial charge is 0.221 e. The Morgan fingerprint density at radius 3 is 2.71 bits per heavy atom.